The summed E-state index contributed by atoms with van der Waals surface area (Å²) < 4.78 is 0. The molecule has 1 aliphatic heterocycles. The standard InChI is InChI=1S/C21H30N4O/c26-21(11-10-17-6-2-1-3-7-17)25-14-12-24(13-15-25)16-20-22-18-8-4-5-9-19(18)23-20/h4-5,8-9,17H,1-3,6-7,10-16H2,(H,22,23). The van der Waals surface area contributed by atoms with Gasteiger partial charge in [0.25, 0.3) is 0 Å². The molecule has 0 bridgehead atoms. The predicted molar refractivity (Wildman–Crippen MR) is 104 cm³/mol. The molecule has 2 heterocycles. The number of imidazole rings is 1. The van der Waals surface area contributed by atoms with Crippen molar-refractivity contribution < 1.29 is 4.79 Å². The molecular weight excluding hydrogens is 324 g/mol. The van der Waals surface area contributed by atoms with Gasteiger partial charge in [-0.05, 0) is 24.5 Å². The highest BCUT2D eigenvalue weighted by Gasteiger charge is 2.23. The van der Waals surface area contributed by atoms with Crippen LogP contribution in [0, 0.1) is 5.92 Å². The van der Waals surface area contributed by atoms with E-state index < -0.39 is 0 Å². The molecule has 0 atom stereocenters. The summed E-state index contributed by atoms with van der Waals surface area (Å²) in [6, 6.07) is 8.15. The molecule has 1 N–H and O–H groups in total. The summed E-state index contributed by atoms with van der Waals surface area (Å²) in [6.07, 6.45) is 8.61. The number of hydrogen-bond acceptors (Lipinski definition) is 3. The minimum atomic E-state index is 0.360. The van der Waals surface area contributed by atoms with Crippen molar-refractivity contribution in [1.29, 1.82) is 0 Å². The third-order valence-corrected chi connectivity index (χ3v) is 6.03. The maximum absolute atomic E-state index is 12.5. The van der Waals surface area contributed by atoms with Gasteiger partial charge in [0, 0.05) is 32.6 Å². The number of hydrogen-bond donors (Lipinski definition) is 1. The zero-order valence-electron chi connectivity index (χ0n) is 15.6. The maximum atomic E-state index is 12.5. The van der Waals surface area contributed by atoms with Gasteiger partial charge in [-0.25, -0.2) is 4.98 Å². The van der Waals surface area contributed by atoms with Gasteiger partial charge in [-0.2, -0.15) is 0 Å². The molecule has 1 aromatic heterocycles. The fourth-order valence-electron chi connectivity index (χ4n) is 4.41. The number of piperazine rings is 1. The van der Waals surface area contributed by atoms with E-state index in [1.54, 1.807) is 0 Å². The summed E-state index contributed by atoms with van der Waals surface area (Å²) >= 11 is 0. The lowest BCUT2D eigenvalue weighted by Crippen LogP contribution is -2.48. The summed E-state index contributed by atoms with van der Waals surface area (Å²) in [5, 5.41) is 0. The Balaban J connectivity index is 1.22. The summed E-state index contributed by atoms with van der Waals surface area (Å²) in [7, 11) is 0. The molecule has 1 saturated heterocycles. The minimum absolute atomic E-state index is 0.360. The first kappa shape index (κ1) is 17.5. The van der Waals surface area contributed by atoms with Crippen molar-refractivity contribution in [2.75, 3.05) is 26.2 Å². The molecular formula is C21H30N4O. The smallest absolute Gasteiger partial charge is 0.222 e. The van der Waals surface area contributed by atoms with E-state index in [0.717, 1.165) is 68.3 Å². The third kappa shape index (κ3) is 4.26. The number of rotatable bonds is 5. The highest BCUT2D eigenvalue weighted by Crippen LogP contribution is 2.27. The normalized spacial score (nSPS) is 19.9. The summed E-state index contributed by atoms with van der Waals surface area (Å²) in [4.78, 5) is 25.0. The topological polar surface area (TPSA) is 52.2 Å². The number of carbonyl (C=O) groups is 1. The molecule has 4 rings (SSSR count). The minimum Gasteiger partial charge on any atom is -0.341 e. The van der Waals surface area contributed by atoms with E-state index in [2.05, 4.69) is 25.8 Å². The zero-order valence-corrected chi connectivity index (χ0v) is 15.6. The largest absolute Gasteiger partial charge is 0.341 e. The van der Waals surface area contributed by atoms with Crippen molar-refractivity contribution in [2.24, 2.45) is 5.92 Å². The number of aromatic amines is 1. The van der Waals surface area contributed by atoms with Crippen molar-refractivity contribution in [1.82, 2.24) is 19.8 Å². The van der Waals surface area contributed by atoms with Crippen LogP contribution in [0.3, 0.4) is 0 Å². The van der Waals surface area contributed by atoms with Gasteiger partial charge in [-0.1, -0.05) is 44.2 Å². The van der Waals surface area contributed by atoms with E-state index >= 15 is 0 Å². The fraction of sp³-hybridized carbons (Fsp3) is 0.619. The molecule has 5 heteroatoms. The number of nitrogens with zero attached hydrogens (tertiary/aromatic N) is 3. The second-order valence-corrected chi connectivity index (χ2v) is 7.90. The van der Waals surface area contributed by atoms with Crippen LogP contribution in [0.25, 0.3) is 11.0 Å². The Morgan fingerprint density at radius 3 is 2.62 bits per heavy atom. The van der Waals surface area contributed by atoms with Crippen molar-refractivity contribution in [3.63, 3.8) is 0 Å². The Morgan fingerprint density at radius 1 is 1.08 bits per heavy atom. The number of para-hydroxylation sites is 2. The lowest BCUT2D eigenvalue weighted by Gasteiger charge is -2.34. The van der Waals surface area contributed by atoms with Crippen LogP contribution in [0.1, 0.15) is 50.8 Å². The van der Waals surface area contributed by atoms with Gasteiger partial charge in [0.05, 0.1) is 17.6 Å². The Bertz CT molecular complexity index is 693. The van der Waals surface area contributed by atoms with E-state index in [0.29, 0.717) is 5.91 Å². The number of fused-ring (bicyclic) bond motifs is 1. The lowest BCUT2D eigenvalue weighted by molar-refractivity contribution is -0.133. The molecule has 1 saturated carbocycles. The Morgan fingerprint density at radius 2 is 1.85 bits per heavy atom. The number of nitrogens with one attached hydrogen (secondary N) is 1. The van der Waals surface area contributed by atoms with Crippen LogP contribution in [-0.2, 0) is 11.3 Å². The van der Waals surface area contributed by atoms with Crippen molar-refractivity contribution >= 4 is 16.9 Å². The summed E-state index contributed by atoms with van der Waals surface area (Å²) in [5.74, 6) is 2.17. The van der Waals surface area contributed by atoms with Crippen molar-refractivity contribution in [3.8, 4) is 0 Å². The highest BCUT2D eigenvalue weighted by molar-refractivity contribution is 5.76. The molecule has 2 aliphatic rings. The summed E-state index contributed by atoms with van der Waals surface area (Å²) in [5.41, 5.74) is 2.12. The average molecular weight is 354 g/mol. The number of aromatic nitrogens is 2. The van der Waals surface area contributed by atoms with Gasteiger partial charge in [-0.3, -0.25) is 9.69 Å². The first-order valence-electron chi connectivity index (χ1n) is 10.2. The van der Waals surface area contributed by atoms with Gasteiger partial charge in [-0.15, -0.1) is 0 Å². The van der Waals surface area contributed by atoms with Crippen LogP contribution >= 0.6 is 0 Å². The van der Waals surface area contributed by atoms with Crippen LogP contribution in [0.5, 0.6) is 0 Å². The molecule has 140 valence electrons. The van der Waals surface area contributed by atoms with Crippen molar-refractivity contribution in [3.05, 3.63) is 30.1 Å². The number of benzene rings is 1. The van der Waals surface area contributed by atoms with Crippen molar-refractivity contribution in [2.45, 2.75) is 51.5 Å². The molecule has 1 aromatic carbocycles. The number of H-pyrrole nitrogens is 1. The van der Waals surface area contributed by atoms with E-state index in [4.69, 9.17) is 0 Å². The summed E-state index contributed by atoms with van der Waals surface area (Å²) in [6.45, 7) is 4.41. The van der Waals surface area contributed by atoms with Gasteiger partial charge < -0.3 is 9.88 Å². The maximum Gasteiger partial charge on any atom is 0.222 e. The third-order valence-electron chi connectivity index (χ3n) is 6.03. The van der Waals surface area contributed by atoms with Crippen LogP contribution in [0.15, 0.2) is 24.3 Å². The highest BCUT2D eigenvalue weighted by atomic mass is 16.2. The molecule has 1 amide bonds. The molecule has 1 aliphatic carbocycles. The van der Waals surface area contributed by atoms with Gasteiger partial charge in [0.15, 0.2) is 0 Å². The first-order valence-corrected chi connectivity index (χ1v) is 10.2. The van der Waals surface area contributed by atoms with Gasteiger partial charge in [0.2, 0.25) is 5.91 Å². The Hall–Kier alpha value is -1.88. The monoisotopic (exact) mass is 354 g/mol. The molecule has 0 spiro atoms. The molecule has 5 nitrogen and oxygen atoms in total. The van der Waals surface area contributed by atoms with E-state index in [9.17, 15) is 4.79 Å². The van der Waals surface area contributed by atoms with E-state index in [-0.39, 0.29) is 0 Å². The molecule has 0 radical (unpaired) electrons. The van der Waals surface area contributed by atoms with E-state index in [1.165, 1.54) is 32.1 Å². The zero-order chi connectivity index (χ0) is 17.8. The van der Waals surface area contributed by atoms with Crippen LogP contribution in [0.4, 0.5) is 0 Å². The Kier molecular flexibility index (Phi) is 5.54. The van der Waals surface area contributed by atoms with Crippen LogP contribution in [-0.4, -0.2) is 51.9 Å². The SMILES string of the molecule is O=C(CCC1CCCCC1)N1CCN(Cc2nc3ccccc3[nH]2)CC1. The van der Waals surface area contributed by atoms with Crippen LogP contribution < -0.4 is 0 Å². The quantitative estimate of drug-likeness (QED) is 0.893. The van der Waals surface area contributed by atoms with Crippen LogP contribution in [0.2, 0.25) is 0 Å². The Labute approximate surface area is 155 Å². The molecule has 0 unspecified atom stereocenters. The second-order valence-electron chi connectivity index (χ2n) is 7.90. The predicted octanol–water partition coefficient (Wildman–Crippen LogP) is 3.57. The average Bonchev–Trinajstić information content (AvgIpc) is 3.10. The lowest BCUT2D eigenvalue weighted by atomic mass is 9.86. The molecule has 2 aromatic rings. The second kappa shape index (κ2) is 8.21. The number of amides is 1. The molecule has 26 heavy (non-hydrogen) atoms. The van der Waals surface area contributed by atoms with E-state index in [1.807, 2.05) is 18.2 Å². The molecule has 2 fully saturated rings. The first-order chi connectivity index (χ1) is 12.8. The number of carbonyl (C=O) groups excluding carboxylic acids is 1. The van der Waals surface area contributed by atoms with Gasteiger partial charge in [0.1, 0.15) is 5.82 Å². The van der Waals surface area contributed by atoms with Gasteiger partial charge >= 0.3 is 0 Å². The fourth-order valence-corrected chi connectivity index (χ4v) is 4.41.